The average molecular weight is 456 g/mol. The van der Waals surface area contributed by atoms with Gasteiger partial charge < -0.3 is 14.2 Å². The minimum Gasteiger partial charge on any atom is -0.465 e. The zero-order valence-electron chi connectivity index (χ0n) is 18.4. The van der Waals surface area contributed by atoms with Gasteiger partial charge in [0.25, 0.3) is 0 Å². The second-order valence-electron chi connectivity index (χ2n) is 7.89. The summed E-state index contributed by atoms with van der Waals surface area (Å²) in [7, 11) is -0.160. The minimum atomic E-state index is -0.160. The maximum absolute atomic E-state index is 6.09. The molecule has 4 heteroatoms. The number of ether oxygens (including phenoxy) is 3. The molecule has 1 unspecified atom stereocenters. The van der Waals surface area contributed by atoms with Crippen LogP contribution in [0.15, 0.2) is 124 Å². The number of benzene rings is 4. The van der Waals surface area contributed by atoms with Crippen LogP contribution < -0.4 is 9.47 Å². The van der Waals surface area contributed by atoms with Crippen LogP contribution in [-0.4, -0.2) is 12.9 Å². The molecule has 1 fully saturated rings. The van der Waals surface area contributed by atoms with Gasteiger partial charge in [0.1, 0.15) is 17.2 Å². The molecule has 1 saturated heterocycles. The first-order valence-corrected chi connectivity index (χ1v) is 12.6. The maximum Gasteiger partial charge on any atom is 0.199 e. The molecule has 5 rings (SSSR count). The van der Waals surface area contributed by atoms with E-state index in [1.807, 2.05) is 36.4 Å². The predicted molar refractivity (Wildman–Crippen MR) is 132 cm³/mol. The molecule has 0 aliphatic carbocycles. The Morgan fingerprint density at radius 3 is 1.64 bits per heavy atom. The quantitative estimate of drug-likeness (QED) is 0.270. The molecule has 33 heavy (non-hydrogen) atoms. The summed E-state index contributed by atoms with van der Waals surface area (Å²) in [6, 6.07) is 37.5. The van der Waals surface area contributed by atoms with Crippen LogP contribution in [0, 0.1) is 0 Å². The van der Waals surface area contributed by atoms with Gasteiger partial charge in [-0.05, 0) is 85.6 Å². The molecule has 1 heterocycles. The SMILES string of the molecule is c1ccc([S+](c2ccccc2)c2ccc(Oc3ccc(OC4CCCCO4)cc3)cc2)cc1. The van der Waals surface area contributed by atoms with E-state index in [-0.39, 0.29) is 17.2 Å². The molecule has 0 spiro atoms. The highest BCUT2D eigenvalue weighted by molar-refractivity contribution is 7.97. The van der Waals surface area contributed by atoms with Gasteiger partial charge in [-0.3, -0.25) is 0 Å². The fourth-order valence-corrected chi connectivity index (χ4v) is 5.93. The Kier molecular flexibility index (Phi) is 6.95. The summed E-state index contributed by atoms with van der Waals surface area (Å²) in [6.45, 7) is 0.776. The third kappa shape index (κ3) is 5.59. The first-order chi connectivity index (χ1) is 16.3. The van der Waals surface area contributed by atoms with Gasteiger partial charge in [0.05, 0.1) is 17.5 Å². The Morgan fingerprint density at radius 1 is 0.576 bits per heavy atom. The van der Waals surface area contributed by atoms with E-state index in [1.54, 1.807) is 0 Å². The lowest BCUT2D eigenvalue weighted by Crippen LogP contribution is -2.24. The molecule has 1 aliphatic rings. The maximum atomic E-state index is 6.09. The summed E-state index contributed by atoms with van der Waals surface area (Å²) in [4.78, 5) is 3.86. The summed E-state index contributed by atoms with van der Waals surface area (Å²) in [5.74, 6) is 2.40. The Morgan fingerprint density at radius 2 is 1.09 bits per heavy atom. The van der Waals surface area contributed by atoms with Gasteiger partial charge in [-0.15, -0.1) is 0 Å². The Bertz CT molecular complexity index is 1080. The normalized spacial score (nSPS) is 15.8. The summed E-state index contributed by atoms with van der Waals surface area (Å²) in [6.07, 6.45) is 3.07. The van der Waals surface area contributed by atoms with Crippen LogP contribution in [0.1, 0.15) is 19.3 Å². The van der Waals surface area contributed by atoms with Crippen molar-refractivity contribution in [2.24, 2.45) is 0 Å². The highest BCUT2D eigenvalue weighted by Crippen LogP contribution is 2.33. The summed E-state index contributed by atoms with van der Waals surface area (Å²) >= 11 is 0. The number of hydrogen-bond donors (Lipinski definition) is 0. The van der Waals surface area contributed by atoms with E-state index < -0.39 is 0 Å². The van der Waals surface area contributed by atoms with Crippen molar-refractivity contribution in [2.75, 3.05) is 6.61 Å². The van der Waals surface area contributed by atoms with E-state index >= 15 is 0 Å². The fraction of sp³-hybridized carbons (Fsp3) is 0.172. The van der Waals surface area contributed by atoms with E-state index in [9.17, 15) is 0 Å². The summed E-state index contributed by atoms with van der Waals surface area (Å²) in [5.41, 5.74) is 0. The van der Waals surface area contributed by atoms with Crippen LogP contribution in [0.2, 0.25) is 0 Å². The first kappa shape index (κ1) is 21.6. The number of rotatable bonds is 7. The molecule has 0 saturated carbocycles. The second kappa shape index (κ2) is 10.6. The molecule has 1 aliphatic heterocycles. The third-order valence-electron chi connectivity index (χ3n) is 5.48. The monoisotopic (exact) mass is 455 g/mol. The number of hydrogen-bond acceptors (Lipinski definition) is 3. The average Bonchev–Trinajstić information content (AvgIpc) is 2.88. The second-order valence-corrected chi connectivity index (χ2v) is 9.92. The molecular formula is C29H27O3S+. The zero-order chi connectivity index (χ0) is 22.3. The van der Waals surface area contributed by atoms with Crippen molar-refractivity contribution in [3.05, 3.63) is 109 Å². The Balaban J connectivity index is 1.29. The van der Waals surface area contributed by atoms with Crippen molar-refractivity contribution < 1.29 is 14.2 Å². The van der Waals surface area contributed by atoms with Crippen molar-refractivity contribution in [2.45, 2.75) is 40.2 Å². The highest BCUT2D eigenvalue weighted by atomic mass is 32.2. The van der Waals surface area contributed by atoms with E-state index in [0.717, 1.165) is 43.1 Å². The van der Waals surface area contributed by atoms with Crippen molar-refractivity contribution >= 4 is 10.9 Å². The molecule has 3 nitrogen and oxygen atoms in total. The van der Waals surface area contributed by atoms with Gasteiger partial charge >= 0.3 is 0 Å². The lowest BCUT2D eigenvalue weighted by Gasteiger charge is -2.23. The van der Waals surface area contributed by atoms with E-state index in [1.165, 1.54) is 14.7 Å². The Hall–Kier alpha value is -3.21. The molecule has 4 aromatic rings. The largest absolute Gasteiger partial charge is 0.465 e. The Labute approximate surface area is 198 Å². The van der Waals surface area contributed by atoms with Crippen LogP contribution >= 0.6 is 0 Å². The van der Waals surface area contributed by atoms with Gasteiger partial charge in [0.2, 0.25) is 0 Å². The first-order valence-electron chi connectivity index (χ1n) is 11.4. The molecule has 166 valence electrons. The van der Waals surface area contributed by atoms with E-state index in [2.05, 4.69) is 72.8 Å². The van der Waals surface area contributed by atoms with Crippen LogP contribution in [-0.2, 0) is 15.6 Å². The van der Waals surface area contributed by atoms with Crippen molar-refractivity contribution in [3.8, 4) is 17.2 Å². The molecule has 0 N–H and O–H groups in total. The van der Waals surface area contributed by atoms with Gasteiger partial charge in [0.15, 0.2) is 21.0 Å². The molecule has 4 aromatic carbocycles. The lowest BCUT2D eigenvalue weighted by molar-refractivity contribution is -0.105. The lowest BCUT2D eigenvalue weighted by atomic mass is 10.2. The summed E-state index contributed by atoms with van der Waals surface area (Å²) in [5, 5.41) is 0. The van der Waals surface area contributed by atoms with E-state index in [4.69, 9.17) is 14.2 Å². The van der Waals surface area contributed by atoms with Crippen molar-refractivity contribution in [1.29, 1.82) is 0 Å². The minimum absolute atomic E-state index is 0.138. The van der Waals surface area contributed by atoms with Gasteiger partial charge in [-0.25, -0.2) is 0 Å². The standard InChI is InChI=1S/C29H27O3S/c1-3-9-26(10-4-1)33(27-11-5-2-6-12-27)28-20-18-24(19-21-28)31-23-14-16-25(17-15-23)32-29-13-7-8-22-30-29/h1-6,9-12,14-21,29H,7-8,13,22H2/q+1. The van der Waals surface area contributed by atoms with Crippen LogP contribution in [0.3, 0.4) is 0 Å². The van der Waals surface area contributed by atoms with Gasteiger partial charge in [-0.1, -0.05) is 36.4 Å². The van der Waals surface area contributed by atoms with Crippen molar-refractivity contribution in [1.82, 2.24) is 0 Å². The van der Waals surface area contributed by atoms with E-state index in [0.29, 0.717) is 0 Å². The molecular weight excluding hydrogens is 428 g/mol. The summed E-state index contributed by atoms with van der Waals surface area (Å²) < 4.78 is 17.6. The predicted octanol–water partition coefficient (Wildman–Crippen LogP) is 7.48. The van der Waals surface area contributed by atoms with Crippen molar-refractivity contribution in [3.63, 3.8) is 0 Å². The molecule has 0 bridgehead atoms. The molecule has 0 radical (unpaired) electrons. The zero-order valence-corrected chi connectivity index (χ0v) is 19.2. The van der Waals surface area contributed by atoms with Crippen LogP contribution in [0.4, 0.5) is 0 Å². The van der Waals surface area contributed by atoms with Crippen LogP contribution in [0.25, 0.3) is 0 Å². The molecule has 1 atom stereocenters. The third-order valence-corrected chi connectivity index (χ3v) is 7.71. The molecule has 0 aromatic heterocycles. The highest BCUT2D eigenvalue weighted by Gasteiger charge is 2.28. The molecule has 0 amide bonds. The van der Waals surface area contributed by atoms with Gasteiger partial charge in [-0.2, -0.15) is 0 Å². The smallest absolute Gasteiger partial charge is 0.199 e. The van der Waals surface area contributed by atoms with Crippen LogP contribution in [0.5, 0.6) is 17.2 Å². The van der Waals surface area contributed by atoms with Gasteiger partial charge in [0, 0.05) is 6.42 Å². The topological polar surface area (TPSA) is 27.7 Å². The fourth-order valence-electron chi connectivity index (χ4n) is 3.84.